The van der Waals surface area contributed by atoms with Crippen molar-refractivity contribution in [2.45, 2.75) is 25.6 Å². The van der Waals surface area contributed by atoms with E-state index in [-0.39, 0.29) is 22.4 Å². The molecule has 0 bridgehead atoms. The summed E-state index contributed by atoms with van der Waals surface area (Å²) in [5.41, 5.74) is 2.76. The number of phenols is 1. The molecule has 1 aliphatic rings. The van der Waals surface area contributed by atoms with Gasteiger partial charge in [0.25, 0.3) is 5.69 Å². The highest BCUT2D eigenvalue weighted by atomic mass is 16.6. The first-order chi connectivity index (χ1) is 14.1. The highest BCUT2D eigenvalue weighted by Gasteiger charge is 2.32. The van der Waals surface area contributed by atoms with Crippen LogP contribution in [0.25, 0.3) is 0 Å². The molecule has 3 aromatic rings. The number of para-hydroxylation sites is 1. The standard InChI is InChI=1S/C22H23N3O4/c1-29-21-10-9-16(14-20(21)26)15-24-13-5-12-23-11-4-8-19(23)22(24)17-6-2-3-7-18(17)25(27)28/h2-4,6-11,14,22,26H,5,12-13,15H2,1H3. The SMILES string of the molecule is COc1ccc(CN2CCCn3cccc3C2c2ccccc2[N+](=O)[O-])cc1O. The maximum atomic E-state index is 11.7. The van der Waals surface area contributed by atoms with Gasteiger partial charge in [-0.2, -0.15) is 0 Å². The zero-order valence-corrected chi connectivity index (χ0v) is 16.2. The maximum Gasteiger partial charge on any atom is 0.274 e. The zero-order chi connectivity index (χ0) is 20.4. The second-order valence-electron chi connectivity index (χ2n) is 7.18. The molecule has 1 unspecified atom stereocenters. The van der Waals surface area contributed by atoms with Gasteiger partial charge in [0.05, 0.1) is 23.6 Å². The number of nitro benzene ring substituents is 1. The monoisotopic (exact) mass is 393 g/mol. The Morgan fingerprint density at radius 1 is 1.17 bits per heavy atom. The van der Waals surface area contributed by atoms with Gasteiger partial charge < -0.3 is 14.4 Å². The van der Waals surface area contributed by atoms with E-state index in [1.54, 1.807) is 24.3 Å². The first kappa shape index (κ1) is 19.0. The average Bonchev–Trinajstić information content (AvgIpc) is 3.10. The lowest BCUT2D eigenvalue weighted by Gasteiger charge is -2.30. The summed E-state index contributed by atoms with van der Waals surface area (Å²) in [7, 11) is 1.52. The van der Waals surface area contributed by atoms with Gasteiger partial charge in [-0.15, -0.1) is 0 Å². The number of fused-ring (bicyclic) bond motifs is 1. The lowest BCUT2D eigenvalue weighted by molar-refractivity contribution is -0.385. The van der Waals surface area contributed by atoms with Gasteiger partial charge in [0.2, 0.25) is 0 Å². The second kappa shape index (κ2) is 7.97. The van der Waals surface area contributed by atoms with Crippen LogP contribution in [0.2, 0.25) is 0 Å². The fraction of sp³-hybridized carbons (Fsp3) is 0.273. The van der Waals surface area contributed by atoms with Crippen molar-refractivity contribution in [2.24, 2.45) is 0 Å². The molecule has 1 atom stereocenters. The average molecular weight is 393 g/mol. The molecule has 2 heterocycles. The number of benzene rings is 2. The van der Waals surface area contributed by atoms with Gasteiger partial charge in [-0.25, -0.2) is 0 Å². The maximum absolute atomic E-state index is 11.7. The molecule has 7 heteroatoms. The van der Waals surface area contributed by atoms with E-state index < -0.39 is 0 Å². The smallest absolute Gasteiger partial charge is 0.274 e. The Morgan fingerprint density at radius 3 is 2.76 bits per heavy atom. The van der Waals surface area contributed by atoms with Crippen LogP contribution in [0.3, 0.4) is 0 Å². The number of aromatic hydroxyl groups is 1. The largest absolute Gasteiger partial charge is 0.504 e. The van der Waals surface area contributed by atoms with Crippen molar-refractivity contribution in [3.05, 3.63) is 87.7 Å². The Morgan fingerprint density at radius 2 is 2.00 bits per heavy atom. The van der Waals surface area contributed by atoms with Crippen LogP contribution in [0.4, 0.5) is 5.69 Å². The molecule has 4 rings (SSSR count). The fourth-order valence-corrected chi connectivity index (χ4v) is 4.12. The van der Waals surface area contributed by atoms with Gasteiger partial charge >= 0.3 is 0 Å². The number of hydrogen-bond donors (Lipinski definition) is 1. The molecule has 7 nitrogen and oxygen atoms in total. The predicted molar refractivity (Wildman–Crippen MR) is 109 cm³/mol. The van der Waals surface area contributed by atoms with Crippen molar-refractivity contribution < 1.29 is 14.8 Å². The first-order valence-corrected chi connectivity index (χ1v) is 9.57. The van der Waals surface area contributed by atoms with Crippen molar-refractivity contribution in [3.63, 3.8) is 0 Å². The number of aryl methyl sites for hydroxylation is 1. The molecule has 0 amide bonds. The molecule has 29 heavy (non-hydrogen) atoms. The number of aromatic nitrogens is 1. The Hall–Kier alpha value is -3.32. The molecule has 0 radical (unpaired) electrons. The highest BCUT2D eigenvalue weighted by molar-refractivity contribution is 5.46. The summed E-state index contributed by atoms with van der Waals surface area (Å²) in [6, 6.07) is 16.1. The van der Waals surface area contributed by atoms with Crippen LogP contribution in [0, 0.1) is 10.1 Å². The minimum absolute atomic E-state index is 0.0884. The lowest BCUT2D eigenvalue weighted by atomic mass is 9.99. The van der Waals surface area contributed by atoms with Crippen LogP contribution in [0.15, 0.2) is 60.8 Å². The summed E-state index contributed by atoms with van der Waals surface area (Å²) in [5, 5.41) is 21.9. The fourth-order valence-electron chi connectivity index (χ4n) is 4.12. The lowest BCUT2D eigenvalue weighted by Crippen LogP contribution is -2.30. The Kier molecular flexibility index (Phi) is 5.22. The number of nitro groups is 1. The Balaban J connectivity index is 1.78. The number of rotatable bonds is 5. The summed E-state index contributed by atoms with van der Waals surface area (Å²) in [6.07, 6.45) is 2.96. The van der Waals surface area contributed by atoms with Crippen LogP contribution in [-0.2, 0) is 13.1 Å². The van der Waals surface area contributed by atoms with Gasteiger partial charge in [0.15, 0.2) is 11.5 Å². The number of methoxy groups -OCH3 is 1. The number of hydrogen-bond acceptors (Lipinski definition) is 5. The summed E-state index contributed by atoms with van der Waals surface area (Å²) in [5.74, 6) is 0.513. The van der Waals surface area contributed by atoms with Crippen LogP contribution < -0.4 is 4.74 Å². The summed E-state index contributed by atoms with van der Waals surface area (Å²) < 4.78 is 7.31. The van der Waals surface area contributed by atoms with Crippen LogP contribution in [0.5, 0.6) is 11.5 Å². The highest BCUT2D eigenvalue weighted by Crippen LogP contribution is 2.38. The number of phenolic OH excluding ortho intramolecular Hbond substituents is 1. The third kappa shape index (κ3) is 3.69. The normalized spacial score (nSPS) is 16.8. The van der Waals surface area contributed by atoms with Crippen LogP contribution in [-0.4, -0.2) is 33.2 Å². The van der Waals surface area contributed by atoms with Gasteiger partial charge in [0.1, 0.15) is 0 Å². The van der Waals surface area contributed by atoms with E-state index in [0.717, 1.165) is 30.8 Å². The molecule has 150 valence electrons. The van der Waals surface area contributed by atoms with E-state index in [1.165, 1.54) is 7.11 Å². The van der Waals surface area contributed by atoms with E-state index >= 15 is 0 Å². The quantitative estimate of drug-likeness (QED) is 0.521. The van der Waals surface area contributed by atoms with Crippen molar-refractivity contribution >= 4 is 5.69 Å². The molecule has 1 N–H and O–H groups in total. The van der Waals surface area contributed by atoms with Gasteiger partial charge in [0, 0.05) is 37.6 Å². The minimum Gasteiger partial charge on any atom is -0.504 e. The second-order valence-corrected chi connectivity index (χ2v) is 7.18. The zero-order valence-electron chi connectivity index (χ0n) is 16.2. The van der Waals surface area contributed by atoms with Crippen molar-refractivity contribution in [1.82, 2.24) is 9.47 Å². The first-order valence-electron chi connectivity index (χ1n) is 9.57. The van der Waals surface area contributed by atoms with E-state index in [9.17, 15) is 15.2 Å². The van der Waals surface area contributed by atoms with Crippen molar-refractivity contribution in [1.29, 1.82) is 0 Å². The summed E-state index contributed by atoms with van der Waals surface area (Å²) in [6.45, 7) is 2.20. The molecule has 0 saturated heterocycles. The molecule has 1 aliphatic heterocycles. The van der Waals surface area contributed by atoms with Gasteiger partial charge in [-0.1, -0.05) is 24.3 Å². The Bertz CT molecular complexity index is 1030. The minimum atomic E-state index is -0.315. The van der Waals surface area contributed by atoms with Gasteiger partial charge in [-0.3, -0.25) is 15.0 Å². The Labute approximate surface area is 168 Å². The molecule has 1 aromatic heterocycles. The van der Waals surface area contributed by atoms with E-state index in [0.29, 0.717) is 17.9 Å². The predicted octanol–water partition coefficient (Wildman–Crippen LogP) is 4.11. The van der Waals surface area contributed by atoms with E-state index in [2.05, 4.69) is 9.47 Å². The summed E-state index contributed by atoms with van der Waals surface area (Å²) >= 11 is 0. The molecular formula is C22H23N3O4. The molecular weight excluding hydrogens is 370 g/mol. The topological polar surface area (TPSA) is 80.8 Å². The third-order valence-corrected chi connectivity index (χ3v) is 5.41. The van der Waals surface area contributed by atoms with Crippen molar-refractivity contribution in [3.8, 4) is 11.5 Å². The van der Waals surface area contributed by atoms with Crippen LogP contribution >= 0.6 is 0 Å². The molecule has 0 spiro atoms. The molecule has 0 fully saturated rings. The third-order valence-electron chi connectivity index (χ3n) is 5.41. The van der Waals surface area contributed by atoms with E-state index in [4.69, 9.17) is 4.74 Å². The van der Waals surface area contributed by atoms with Gasteiger partial charge in [-0.05, 0) is 36.2 Å². The van der Waals surface area contributed by atoms with Crippen LogP contribution in [0.1, 0.15) is 29.3 Å². The van der Waals surface area contributed by atoms with E-state index in [1.807, 2.05) is 36.5 Å². The van der Waals surface area contributed by atoms with Crippen molar-refractivity contribution in [2.75, 3.05) is 13.7 Å². The molecule has 0 saturated carbocycles. The number of ether oxygens (including phenoxy) is 1. The molecule has 0 aliphatic carbocycles. The number of nitrogens with zero attached hydrogens (tertiary/aromatic N) is 3. The molecule has 2 aromatic carbocycles. The summed E-state index contributed by atoms with van der Waals surface area (Å²) in [4.78, 5) is 13.6.